The van der Waals surface area contributed by atoms with Crippen LogP contribution in [0.15, 0.2) is 35.9 Å². The van der Waals surface area contributed by atoms with Crippen molar-refractivity contribution in [2.75, 3.05) is 11.9 Å². The molecule has 0 spiro atoms. The Labute approximate surface area is 101 Å². The molecule has 0 saturated heterocycles. The lowest BCUT2D eigenvalue weighted by Crippen LogP contribution is -2.13. The molecular formula is C14H17NO2. The van der Waals surface area contributed by atoms with Crippen LogP contribution in [0.4, 0.5) is 5.69 Å². The monoisotopic (exact) mass is 231 g/mol. The number of carbonyl (C=O) groups is 1. The first-order valence-corrected chi connectivity index (χ1v) is 6.00. The minimum Gasteiger partial charge on any atom is -0.396 e. The zero-order valence-electron chi connectivity index (χ0n) is 9.78. The summed E-state index contributed by atoms with van der Waals surface area (Å²) in [5.74, 6) is 0.0115. The van der Waals surface area contributed by atoms with E-state index in [1.807, 2.05) is 30.3 Å². The van der Waals surface area contributed by atoms with Crippen LogP contribution in [-0.2, 0) is 11.2 Å². The molecule has 3 heteroatoms. The van der Waals surface area contributed by atoms with Crippen LogP contribution < -0.4 is 5.32 Å². The Morgan fingerprint density at radius 3 is 2.65 bits per heavy atom. The second-order valence-corrected chi connectivity index (χ2v) is 4.25. The van der Waals surface area contributed by atoms with E-state index in [0.717, 1.165) is 36.1 Å². The normalized spacial score (nSPS) is 14.5. The van der Waals surface area contributed by atoms with Gasteiger partial charge in [0.1, 0.15) is 0 Å². The van der Waals surface area contributed by atoms with Crippen LogP contribution in [-0.4, -0.2) is 17.6 Å². The molecule has 0 saturated carbocycles. The van der Waals surface area contributed by atoms with E-state index < -0.39 is 0 Å². The van der Waals surface area contributed by atoms with Gasteiger partial charge in [-0.25, -0.2) is 0 Å². The smallest absolute Gasteiger partial charge is 0.251 e. The second-order valence-electron chi connectivity index (χ2n) is 4.25. The number of rotatable bonds is 4. The molecule has 0 fully saturated rings. The molecule has 1 aromatic carbocycles. The third kappa shape index (κ3) is 3.17. The summed E-state index contributed by atoms with van der Waals surface area (Å²) >= 11 is 0. The topological polar surface area (TPSA) is 49.3 Å². The van der Waals surface area contributed by atoms with Crippen LogP contribution in [0, 0.1) is 0 Å². The van der Waals surface area contributed by atoms with Gasteiger partial charge in [0.25, 0.3) is 5.91 Å². The number of allylic oxidation sites excluding steroid dienone is 1. The molecule has 0 aliphatic heterocycles. The average Bonchev–Trinajstić information content (AvgIpc) is 2.86. The SMILES string of the molecule is O=C(Nc1ccc(CCO)cc1)C1=CCCC1. The van der Waals surface area contributed by atoms with E-state index in [1.54, 1.807) is 0 Å². The maximum atomic E-state index is 11.8. The van der Waals surface area contributed by atoms with E-state index in [2.05, 4.69) is 5.32 Å². The maximum absolute atomic E-state index is 11.8. The molecule has 0 bridgehead atoms. The predicted molar refractivity (Wildman–Crippen MR) is 67.8 cm³/mol. The molecule has 90 valence electrons. The molecule has 0 unspecified atom stereocenters. The van der Waals surface area contributed by atoms with E-state index >= 15 is 0 Å². The summed E-state index contributed by atoms with van der Waals surface area (Å²) in [6.45, 7) is 0.151. The van der Waals surface area contributed by atoms with Gasteiger partial charge in [0.2, 0.25) is 0 Å². The van der Waals surface area contributed by atoms with Crippen LogP contribution in [0.3, 0.4) is 0 Å². The maximum Gasteiger partial charge on any atom is 0.251 e. The lowest BCUT2D eigenvalue weighted by Gasteiger charge is -2.06. The number of hydrogen-bond donors (Lipinski definition) is 2. The van der Waals surface area contributed by atoms with Crippen LogP contribution in [0.5, 0.6) is 0 Å². The van der Waals surface area contributed by atoms with Crippen LogP contribution in [0.1, 0.15) is 24.8 Å². The predicted octanol–water partition coefficient (Wildman–Crippen LogP) is 2.27. The van der Waals surface area contributed by atoms with Crippen LogP contribution in [0.25, 0.3) is 0 Å². The van der Waals surface area contributed by atoms with Gasteiger partial charge in [0.15, 0.2) is 0 Å². The molecular weight excluding hydrogens is 214 g/mol. The van der Waals surface area contributed by atoms with Crippen molar-refractivity contribution in [3.63, 3.8) is 0 Å². The number of aliphatic hydroxyl groups is 1. The molecule has 0 radical (unpaired) electrons. The van der Waals surface area contributed by atoms with Crippen LogP contribution in [0.2, 0.25) is 0 Å². The number of carbonyl (C=O) groups excluding carboxylic acids is 1. The summed E-state index contributed by atoms with van der Waals surface area (Å²) in [4.78, 5) is 11.8. The molecule has 17 heavy (non-hydrogen) atoms. The Balaban J connectivity index is 1.96. The third-order valence-corrected chi connectivity index (χ3v) is 2.94. The largest absolute Gasteiger partial charge is 0.396 e. The first-order valence-electron chi connectivity index (χ1n) is 6.00. The summed E-state index contributed by atoms with van der Waals surface area (Å²) in [7, 11) is 0. The summed E-state index contributed by atoms with van der Waals surface area (Å²) in [6.07, 6.45) is 5.64. The number of benzene rings is 1. The van der Waals surface area contributed by atoms with E-state index in [9.17, 15) is 4.79 Å². The highest BCUT2D eigenvalue weighted by Gasteiger charge is 2.12. The van der Waals surface area contributed by atoms with Crippen LogP contribution >= 0.6 is 0 Å². The van der Waals surface area contributed by atoms with Gasteiger partial charge in [0, 0.05) is 17.9 Å². The molecule has 1 aromatic rings. The fourth-order valence-corrected chi connectivity index (χ4v) is 1.97. The molecule has 2 N–H and O–H groups in total. The molecule has 2 rings (SSSR count). The number of anilines is 1. The lowest BCUT2D eigenvalue weighted by atomic mass is 10.1. The number of nitrogens with one attached hydrogen (secondary N) is 1. The highest BCUT2D eigenvalue weighted by atomic mass is 16.2. The Morgan fingerprint density at radius 1 is 1.29 bits per heavy atom. The van der Waals surface area contributed by atoms with E-state index in [1.165, 1.54) is 0 Å². The van der Waals surface area contributed by atoms with Crippen molar-refractivity contribution >= 4 is 11.6 Å². The fraction of sp³-hybridized carbons (Fsp3) is 0.357. The highest BCUT2D eigenvalue weighted by molar-refractivity contribution is 6.03. The molecule has 0 aromatic heterocycles. The summed E-state index contributed by atoms with van der Waals surface area (Å²) in [5.41, 5.74) is 2.78. The average molecular weight is 231 g/mol. The Kier molecular flexibility index (Phi) is 3.94. The van der Waals surface area contributed by atoms with Gasteiger partial charge in [-0.2, -0.15) is 0 Å². The van der Waals surface area contributed by atoms with Gasteiger partial charge in [-0.15, -0.1) is 0 Å². The molecule has 1 aliphatic rings. The fourth-order valence-electron chi connectivity index (χ4n) is 1.97. The first-order chi connectivity index (χ1) is 8.29. The number of aliphatic hydroxyl groups excluding tert-OH is 1. The van der Waals surface area contributed by atoms with Crippen molar-refractivity contribution < 1.29 is 9.90 Å². The highest BCUT2D eigenvalue weighted by Crippen LogP contribution is 2.19. The Hall–Kier alpha value is -1.61. The number of hydrogen-bond acceptors (Lipinski definition) is 2. The lowest BCUT2D eigenvalue weighted by molar-refractivity contribution is -0.112. The first kappa shape index (κ1) is 11.9. The van der Waals surface area contributed by atoms with Crippen molar-refractivity contribution in [3.8, 4) is 0 Å². The molecule has 1 aliphatic carbocycles. The summed E-state index contributed by atoms with van der Waals surface area (Å²) < 4.78 is 0. The van der Waals surface area contributed by atoms with Gasteiger partial charge in [-0.3, -0.25) is 4.79 Å². The standard InChI is InChI=1S/C14H17NO2/c16-10-9-11-5-7-13(8-6-11)15-14(17)12-3-1-2-4-12/h3,5-8,16H,1-2,4,9-10H2,(H,15,17). The van der Waals surface area contributed by atoms with Gasteiger partial charge in [-0.1, -0.05) is 18.2 Å². The van der Waals surface area contributed by atoms with Gasteiger partial charge >= 0.3 is 0 Å². The van der Waals surface area contributed by atoms with Gasteiger partial charge < -0.3 is 10.4 Å². The van der Waals surface area contributed by atoms with Gasteiger partial charge in [-0.05, 0) is 43.4 Å². The molecule has 1 amide bonds. The molecule has 3 nitrogen and oxygen atoms in total. The second kappa shape index (κ2) is 5.64. The van der Waals surface area contributed by atoms with E-state index in [-0.39, 0.29) is 12.5 Å². The zero-order valence-corrected chi connectivity index (χ0v) is 9.78. The number of amides is 1. The van der Waals surface area contributed by atoms with E-state index in [0.29, 0.717) is 6.42 Å². The minimum absolute atomic E-state index is 0.0115. The van der Waals surface area contributed by atoms with Crippen molar-refractivity contribution in [1.82, 2.24) is 0 Å². The molecule has 0 heterocycles. The van der Waals surface area contributed by atoms with Crippen molar-refractivity contribution in [1.29, 1.82) is 0 Å². The Bertz CT molecular complexity index is 420. The van der Waals surface area contributed by atoms with Crippen molar-refractivity contribution in [3.05, 3.63) is 41.5 Å². The van der Waals surface area contributed by atoms with Crippen molar-refractivity contribution in [2.24, 2.45) is 0 Å². The summed E-state index contributed by atoms with van der Waals surface area (Å²) in [6, 6.07) is 7.60. The Morgan fingerprint density at radius 2 is 2.06 bits per heavy atom. The van der Waals surface area contributed by atoms with Gasteiger partial charge in [0.05, 0.1) is 0 Å². The minimum atomic E-state index is 0.0115. The zero-order chi connectivity index (χ0) is 12.1. The quantitative estimate of drug-likeness (QED) is 0.835. The molecule has 0 atom stereocenters. The summed E-state index contributed by atoms with van der Waals surface area (Å²) in [5, 5.41) is 11.7. The van der Waals surface area contributed by atoms with E-state index in [4.69, 9.17) is 5.11 Å². The third-order valence-electron chi connectivity index (χ3n) is 2.94. The van der Waals surface area contributed by atoms with Crippen molar-refractivity contribution in [2.45, 2.75) is 25.7 Å².